The van der Waals surface area contributed by atoms with Gasteiger partial charge in [-0.1, -0.05) is 12.2 Å². The molecule has 0 aliphatic carbocycles. The maximum Gasteiger partial charge on any atom is 0.152 e. The molecular weight excluding hydrogens is 287 g/mol. The summed E-state index contributed by atoms with van der Waals surface area (Å²) in [5.41, 5.74) is 6.15. The maximum absolute atomic E-state index is 13.6. The summed E-state index contributed by atoms with van der Waals surface area (Å²) in [5, 5.41) is 2.46. The van der Waals surface area contributed by atoms with Crippen LogP contribution in [-0.2, 0) is 0 Å². The molecule has 0 aliphatic rings. The fourth-order valence-corrected chi connectivity index (χ4v) is 2.00. The van der Waals surface area contributed by atoms with Gasteiger partial charge in [-0.3, -0.25) is 0 Å². The van der Waals surface area contributed by atoms with Crippen LogP contribution in [0.2, 0.25) is 0 Å². The second kappa shape index (κ2) is 5.46. The van der Waals surface area contributed by atoms with Crippen molar-refractivity contribution in [1.82, 2.24) is 4.98 Å². The summed E-state index contributed by atoms with van der Waals surface area (Å²) in [6.45, 7) is 1.73. The molecule has 0 fully saturated rings. The largest absolute Gasteiger partial charge is 0.389 e. The van der Waals surface area contributed by atoms with Gasteiger partial charge in [0.25, 0.3) is 0 Å². The molecule has 2 rings (SSSR count). The van der Waals surface area contributed by atoms with Crippen LogP contribution in [0.5, 0.6) is 0 Å². The molecule has 0 atom stereocenters. The topological polar surface area (TPSA) is 50.9 Å². The second-order valence-corrected chi connectivity index (χ2v) is 4.52. The number of aromatic nitrogens is 1. The van der Waals surface area contributed by atoms with E-state index in [1.807, 2.05) is 0 Å². The normalized spacial score (nSPS) is 10.4. The van der Waals surface area contributed by atoms with E-state index in [4.69, 9.17) is 18.0 Å². The molecule has 0 aliphatic heterocycles. The molecule has 3 N–H and O–H groups in total. The van der Waals surface area contributed by atoms with E-state index in [2.05, 4.69) is 10.3 Å². The Morgan fingerprint density at radius 2 is 1.85 bits per heavy atom. The van der Waals surface area contributed by atoms with Crippen LogP contribution >= 0.6 is 12.2 Å². The van der Waals surface area contributed by atoms with Crippen molar-refractivity contribution >= 4 is 28.7 Å². The molecule has 0 saturated carbocycles. The Labute approximate surface area is 118 Å². The molecule has 0 radical (unpaired) electrons. The molecule has 2 aromatic rings. The first kappa shape index (κ1) is 14.3. The van der Waals surface area contributed by atoms with Gasteiger partial charge in [-0.2, -0.15) is 0 Å². The average Bonchev–Trinajstić information content (AvgIpc) is 2.33. The number of anilines is 2. The van der Waals surface area contributed by atoms with Crippen molar-refractivity contribution in [2.24, 2.45) is 5.73 Å². The number of rotatable bonds is 3. The van der Waals surface area contributed by atoms with E-state index >= 15 is 0 Å². The molecule has 1 heterocycles. The van der Waals surface area contributed by atoms with Crippen LogP contribution in [0.4, 0.5) is 24.7 Å². The first-order chi connectivity index (χ1) is 9.40. The predicted octanol–water partition coefficient (Wildman–Crippen LogP) is 3.19. The molecule has 104 valence electrons. The second-order valence-electron chi connectivity index (χ2n) is 4.09. The predicted molar refractivity (Wildman–Crippen MR) is 74.5 cm³/mol. The van der Waals surface area contributed by atoms with Crippen LogP contribution in [0.25, 0.3) is 0 Å². The molecule has 0 saturated heterocycles. The SMILES string of the molecule is Cc1ccnc(Nc2c(F)cc(F)cc2F)c1C(N)=S. The zero-order chi connectivity index (χ0) is 14.9. The quantitative estimate of drug-likeness (QED) is 0.854. The number of aryl methyl sites for hydroxylation is 1. The van der Waals surface area contributed by atoms with Gasteiger partial charge < -0.3 is 11.1 Å². The third kappa shape index (κ3) is 2.72. The molecule has 0 bridgehead atoms. The smallest absolute Gasteiger partial charge is 0.152 e. The summed E-state index contributed by atoms with van der Waals surface area (Å²) < 4.78 is 40.0. The monoisotopic (exact) mass is 297 g/mol. The van der Waals surface area contributed by atoms with Gasteiger partial charge in [-0.05, 0) is 18.6 Å². The summed E-state index contributed by atoms with van der Waals surface area (Å²) in [6, 6.07) is 2.81. The summed E-state index contributed by atoms with van der Waals surface area (Å²) in [6.07, 6.45) is 1.44. The Kier molecular flexibility index (Phi) is 3.89. The summed E-state index contributed by atoms with van der Waals surface area (Å²) in [4.78, 5) is 4.00. The fourth-order valence-electron chi connectivity index (χ4n) is 1.74. The lowest BCUT2D eigenvalue weighted by molar-refractivity contribution is 0.549. The van der Waals surface area contributed by atoms with Crippen LogP contribution in [0.1, 0.15) is 11.1 Å². The lowest BCUT2D eigenvalue weighted by Gasteiger charge is -2.13. The number of thiocarbonyl (C=S) groups is 1. The van der Waals surface area contributed by atoms with Gasteiger partial charge >= 0.3 is 0 Å². The highest BCUT2D eigenvalue weighted by Gasteiger charge is 2.16. The van der Waals surface area contributed by atoms with Crippen molar-refractivity contribution in [1.29, 1.82) is 0 Å². The summed E-state index contributed by atoms with van der Waals surface area (Å²) >= 11 is 4.89. The number of hydrogen-bond acceptors (Lipinski definition) is 3. The van der Waals surface area contributed by atoms with Gasteiger partial charge in [0.1, 0.15) is 22.3 Å². The van der Waals surface area contributed by atoms with Gasteiger partial charge in [-0.15, -0.1) is 0 Å². The van der Waals surface area contributed by atoms with Gasteiger partial charge in [0, 0.05) is 18.3 Å². The molecule has 0 spiro atoms. The fraction of sp³-hybridized carbons (Fsp3) is 0.0769. The molecule has 7 heteroatoms. The van der Waals surface area contributed by atoms with E-state index in [9.17, 15) is 13.2 Å². The minimum Gasteiger partial charge on any atom is -0.389 e. The van der Waals surface area contributed by atoms with Crippen molar-refractivity contribution in [3.63, 3.8) is 0 Å². The third-order valence-corrected chi connectivity index (χ3v) is 2.86. The van der Waals surface area contributed by atoms with Crippen molar-refractivity contribution in [3.05, 3.63) is 53.0 Å². The molecular formula is C13H10F3N3S. The van der Waals surface area contributed by atoms with E-state index in [0.29, 0.717) is 23.3 Å². The number of halogens is 3. The Morgan fingerprint density at radius 1 is 1.25 bits per heavy atom. The van der Waals surface area contributed by atoms with Gasteiger partial charge in [0.2, 0.25) is 0 Å². The van der Waals surface area contributed by atoms with Crippen molar-refractivity contribution < 1.29 is 13.2 Å². The number of pyridine rings is 1. The van der Waals surface area contributed by atoms with Gasteiger partial charge in [0.05, 0.1) is 5.56 Å². The van der Waals surface area contributed by atoms with Crippen LogP contribution < -0.4 is 11.1 Å². The third-order valence-electron chi connectivity index (χ3n) is 2.66. The Bertz CT molecular complexity index is 666. The van der Waals surface area contributed by atoms with Crippen molar-refractivity contribution in [2.75, 3.05) is 5.32 Å². The maximum atomic E-state index is 13.6. The molecule has 0 amide bonds. The highest BCUT2D eigenvalue weighted by atomic mass is 32.1. The molecule has 3 nitrogen and oxygen atoms in total. The Balaban J connectivity index is 2.51. The summed E-state index contributed by atoms with van der Waals surface area (Å²) in [7, 11) is 0. The van der Waals surface area contributed by atoms with Gasteiger partial charge in [0.15, 0.2) is 11.6 Å². The standard InChI is InChI=1S/C13H10F3N3S/c1-6-2-3-18-13(10(6)12(17)20)19-11-8(15)4-7(14)5-9(11)16/h2-5H,1H3,(H2,17,20)(H,18,19). The molecule has 0 unspecified atom stereocenters. The van der Waals surface area contributed by atoms with E-state index in [1.165, 1.54) is 6.20 Å². The molecule has 1 aromatic carbocycles. The lowest BCUT2D eigenvalue weighted by atomic mass is 10.1. The number of nitrogens with two attached hydrogens (primary N) is 1. The minimum atomic E-state index is -1.07. The van der Waals surface area contributed by atoms with Crippen molar-refractivity contribution in [2.45, 2.75) is 6.92 Å². The Morgan fingerprint density at radius 3 is 2.40 bits per heavy atom. The highest BCUT2D eigenvalue weighted by molar-refractivity contribution is 7.80. The lowest BCUT2D eigenvalue weighted by Crippen LogP contribution is -2.15. The molecule has 20 heavy (non-hydrogen) atoms. The zero-order valence-corrected chi connectivity index (χ0v) is 11.2. The Hall–Kier alpha value is -2.15. The number of nitrogens with one attached hydrogen (secondary N) is 1. The number of benzene rings is 1. The minimum absolute atomic E-state index is 0.0426. The van der Waals surface area contributed by atoms with Crippen LogP contribution in [0, 0.1) is 24.4 Å². The highest BCUT2D eigenvalue weighted by Crippen LogP contribution is 2.26. The van der Waals surface area contributed by atoms with Crippen molar-refractivity contribution in [3.8, 4) is 0 Å². The van der Waals surface area contributed by atoms with Crippen LogP contribution in [0.15, 0.2) is 24.4 Å². The van der Waals surface area contributed by atoms with Crippen LogP contribution in [0.3, 0.4) is 0 Å². The van der Waals surface area contributed by atoms with E-state index < -0.39 is 23.1 Å². The van der Waals surface area contributed by atoms with E-state index in [1.54, 1.807) is 13.0 Å². The first-order valence-corrected chi connectivity index (χ1v) is 5.98. The molecule has 1 aromatic heterocycles. The van der Waals surface area contributed by atoms with E-state index in [0.717, 1.165) is 0 Å². The first-order valence-electron chi connectivity index (χ1n) is 5.57. The summed E-state index contributed by atoms with van der Waals surface area (Å²) in [5.74, 6) is -3.03. The number of hydrogen-bond donors (Lipinski definition) is 2. The van der Waals surface area contributed by atoms with Crippen LogP contribution in [-0.4, -0.2) is 9.97 Å². The zero-order valence-electron chi connectivity index (χ0n) is 10.4. The van der Waals surface area contributed by atoms with Gasteiger partial charge in [-0.25, -0.2) is 18.2 Å². The average molecular weight is 297 g/mol. The number of nitrogens with zero attached hydrogens (tertiary/aromatic N) is 1. The van der Waals surface area contributed by atoms with E-state index in [-0.39, 0.29) is 10.8 Å².